The average molecular weight is 833 g/mol. The van der Waals surface area contributed by atoms with Gasteiger partial charge >= 0.3 is 17.9 Å². The molecule has 0 radical (unpaired) electrons. The smallest absolute Gasteiger partial charge is 0.311 e. The summed E-state index contributed by atoms with van der Waals surface area (Å²) < 4.78 is 22.5. The molecule has 4 aliphatic rings. The Morgan fingerprint density at radius 2 is 1.73 bits per heavy atom. The van der Waals surface area contributed by atoms with Gasteiger partial charge in [-0.15, -0.1) is 11.8 Å². The Balaban J connectivity index is 0.000000224. The van der Waals surface area contributed by atoms with E-state index in [1.807, 2.05) is 88.3 Å². The van der Waals surface area contributed by atoms with Gasteiger partial charge in [-0.3, -0.25) is 19.2 Å². The quantitative estimate of drug-likeness (QED) is 0.165. The molecule has 1 fully saturated rings. The van der Waals surface area contributed by atoms with Crippen LogP contribution in [-0.2, 0) is 33.4 Å². The Hall–Kier alpha value is -4.13. The minimum atomic E-state index is -0.916. The van der Waals surface area contributed by atoms with Crippen LogP contribution in [0.1, 0.15) is 90.9 Å². The molecule has 12 heteroatoms. The zero-order chi connectivity index (χ0) is 43.0. The highest BCUT2D eigenvalue weighted by molar-refractivity contribution is 7.99. The molecule has 2 aliphatic carbocycles. The van der Waals surface area contributed by atoms with Gasteiger partial charge in [0.05, 0.1) is 36.0 Å². The lowest BCUT2D eigenvalue weighted by Gasteiger charge is -2.44. The molecule has 2 aromatic carbocycles. The Kier molecular flexibility index (Phi) is 15.9. The lowest BCUT2D eigenvalue weighted by atomic mass is 9.65. The second-order valence-electron chi connectivity index (χ2n) is 17.4. The normalized spacial score (nSPS) is 27.9. The number of carbonyl (C=O) groups is 4. The molecule has 1 saturated heterocycles. The molecule has 0 unspecified atom stereocenters. The van der Waals surface area contributed by atoms with Crippen LogP contribution in [0.25, 0.3) is 0 Å². The SMILES string of the molecule is CCC(C)(C)C(=O)O[C@H]1C[C@@H](C)C=C2C=C[C@H](C)[C@H](CC[C@@H]3C[C@@H](O)CC(=O)O3)[C@H]21.COc1ccc([C@@H]2Sc3ccccc3N(CCN(C)C)C(=O)[C@@H]2OC(C)=O)cc1. The number of hydrogen-bond donors (Lipinski definition) is 1. The van der Waals surface area contributed by atoms with Crippen molar-refractivity contribution in [2.75, 3.05) is 39.2 Å². The summed E-state index contributed by atoms with van der Waals surface area (Å²) in [5.41, 5.74) is 2.53. The van der Waals surface area contributed by atoms with Crippen LogP contribution in [0.4, 0.5) is 5.69 Å². The number of cyclic esters (lactones) is 1. The van der Waals surface area contributed by atoms with Crippen molar-refractivity contribution in [2.45, 2.75) is 115 Å². The topological polar surface area (TPSA) is 132 Å². The number of hydrogen-bond acceptors (Lipinski definition) is 11. The van der Waals surface area contributed by atoms with Crippen molar-refractivity contribution in [1.82, 2.24) is 4.90 Å². The number of aliphatic hydroxyl groups is 1. The Morgan fingerprint density at radius 3 is 2.37 bits per heavy atom. The van der Waals surface area contributed by atoms with E-state index in [9.17, 15) is 24.3 Å². The summed E-state index contributed by atoms with van der Waals surface area (Å²) in [5.74, 6) is 0.829. The van der Waals surface area contributed by atoms with Crippen LogP contribution in [0.5, 0.6) is 5.75 Å². The highest BCUT2D eigenvalue weighted by atomic mass is 32.2. The fourth-order valence-corrected chi connectivity index (χ4v) is 9.64. The summed E-state index contributed by atoms with van der Waals surface area (Å²) in [6.07, 6.45) is 8.70. The van der Waals surface area contributed by atoms with Crippen LogP contribution >= 0.6 is 11.8 Å². The van der Waals surface area contributed by atoms with Crippen LogP contribution < -0.4 is 9.64 Å². The van der Waals surface area contributed by atoms with Crippen molar-refractivity contribution in [2.24, 2.45) is 29.1 Å². The van der Waals surface area contributed by atoms with Crippen molar-refractivity contribution in [3.8, 4) is 5.75 Å². The van der Waals surface area contributed by atoms with Crippen molar-refractivity contribution in [1.29, 1.82) is 0 Å². The Labute approximate surface area is 354 Å². The molecule has 322 valence electrons. The maximum Gasteiger partial charge on any atom is 0.311 e. The standard InChI is InChI=1S/C25H38O5.C22H26N2O4S/c1-6-25(4,5)24(28)30-21-12-15(2)11-17-8-7-16(3)20(23(17)21)10-9-19-13-18(26)14-22(27)29-19;1-15(25)28-20-21(16-9-11-17(27-4)12-10-16)29-19-8-6-5-7-18(19)24(22(20)26)14-13-23(2)3/h7-8,11,15-16,18-21,23,26H,6,9-10,12-14H2,1-5H3;5-12,20-21H,13-14H2,1-4H3/t15-,16-,18+,19+,20-,21-,23-;20-,21+/m01/s1. The number of para-hydroxylation sites is 1. The Bertz CT molecular complexity index is 1840. The number of rotatable bonds is 12. The second-order valence-corrected chi connectivity index (χ2v) is 18.5. The van der Waals surface area contributed by atoms with Gasteiger partial charge in [-0.1, -0.05) is 63.3 Å². The molecule has 0 saturated carbocycles. The highest BCUT2D eigenvalue weighted by Gasteiger charge is 2.44. The number of likely N-dealkylation sites (N-methyl/N-ethyl adjacent to an activating group) is 1. The maximum absolute atomic E-state index is 13.6. The third-order valence-corrected chi connectivity index (χ3v) is 13.4. The molecule has 0 spiro atoms. The lowest BCUT2D eigenvalue weighted by molar-refractivity contribution is -0.166. The van der Waals surface area contributed by atoms with Crippen LogP contribution in [0.3, 0.4) is 0 Å². The van der Waals surface area contributed by atoms with Gasteiger partial charge in [-0.2, -0.15) is 0 Å². The summed E-state index contributed by atoms with van der Waals surface area (Å²) in [6, 6.07) is 15.4. The molecule has 1 amide bonds. The van der Waals surface area contributed by atoms with Gasteiger partial charge in [0.25, 0.3) is 5.91 Å². The van der Waals surface area contributed by atoms with E-state index in [4.69, 9.17) is 18.9 Å². The molecule has 11 nitrogen and oxygen atoms in total. The minimum Gasteiger partial charge on any atom is -0.497 e. The molecule has 2 heterocycles. The number of allylic oxidation sites excluding steroid dienone is 3. The minimum absolute atomic E-state index is 0.0949. The third-order valence-electron chi connectivity index (χ3n) is 12.1. The van der Waals surface area contributed by atoms with Gasteiger partial charge in [0.2, 0.25) is 0 Å². The van der Waals surface area contributed by atoms with Gasteiger partial charge in [0.15, 0.2) is 6.10 Å². The van der Waals surface area contributed by atoms with Gasteiger partial charge < -0.3 is 33.9 Å². The number of ether oxygens (including phenoxy) is 4. The molecule has 1 N–H and O–H groups in total. The number of thioether (sulfide) groups is 1. The molecule has 2 aliphatic heterocycles. The molecule has 59 heavy (non-hydrogen) atoms. The summed E-state index contributed by atoms with van der Waals surface area (Å²) in [7, 11) is 5.54. The lowest BCUT2D eigenvalue weighted by Crippen LogP contribution is -2.45. The largest absolute Gasteiger partial charge is 0.497 e. The monoisotopic (exact) mass is 832 g/mol. The molecule has 0 aromatic heterocycles. The first-order valence-electron chi connectivity index (χ1n) is 21.0. The number of aliphatic hydroxyl groups excluding tert-OH is 1. The van der Waals surface area contributed by atoms with Crippen molar-refractivity contribution >= 4 is 41.3 Å². The van der Waals surface area contributed by atoms with Crippen molar-refractivity contribution in [3.05, 3.63) is 77.9 Å². The first-order valence-corrected chi connectivity index (χ1v) is 21.9. The van der Waals surface area contributed by atoms with Crippen molar-refractivity contribution in [3.63, 3.8) is 0 Å². The number of carbonyl (C=O) groups excluding carboxylic acids is 4. The van der Waals surface area contributed by atoms with Gasteiger partial charge in [-0.05, 0) is 107 Å². The first-order chi connectivity index (χ1) is 28.0. The number of nitrogens with zero attached hydrogens (tertiary/aromatic N) is 2. The predicted octanol–water partition coefficient (Wildman–Crippen LogP) is 7.95. The van der Waals surface area contributed by atoms with Crippen LogP contribution in [0.2, 0.25) is 0 Å². The molecular weight excluding hydrogens is 769 g/mol. The number of fused-ring (bicyclic) bond motifs is 2. The summed E-state index contributed by atoms with van der Waals surface area (Å²) in [6.45, 7) is 12.9. The fraction of sp³-hybridized carbons (Fsp3) is 0.574. The molecule has 6 rings (SSSR count). The molecular formula is C47H64N2O9S. The summed E-state index contributed by atoms with van der Waals surface area (Å²) >= 11 is 1.54. The van der Waals surface area contributed by atoms with E-state index < -0.39 is 23.6 Å². The van der Waals surface area contributed by atoms with E-state index >= 15 is 0 Å². The molecule has 9 atom stereocenters. The molecule has 0 bridgehead atoms. The number of methoxy groups -OCH3 is 1. The van der Waals surface area contributed by atoms with Crippen molar-refractivity contribution < 1.29 is 43.2 Å². The maximum atomic E-state index is 13.6. The average Bonchev–Trinajstić information content (AvgIpc) is 3.29. The number of amides is 1. The zero-order valence-corrected chi connectivity index (χ0v) is 37.0. The van der Waals surface area contributed by atoms with E-state index in [0.717, 1.165) is 47.6 Å². The summed E-state index contributed by atoms with van der Waals surface area (Å²) in [4.78, 5) is 54.7. The Morgan fingerprint density at radius 1 is 1.02 bits per heavy atom. The van der Waals surface area contributed by atoms with Gasteiger partial charge in [0, 0.05) is 37.2 Å². The van der Waals surface area contributed by atoms with E-state index in [1.54, 1.807) is 23.8 Å². The van der Waals surface area contributed by atoms with E-state index in [-0.39, 0.29) is 47.6 Å². The third kappa shape index (κ3) is 11.8. The number of esters is 3. The number of anilines is 1. The second kappa shape index (κ2) is 20.4. The van der Waals surface area contributed by atoms with Crippen LogP contribution in [-0.4, -0.2) is 92.5 Å². The molecule has 2 aromatic rings. The van der Waals surface area contributed by atoms with Crippen LogP contribution in [0, 0.1) is 29.1 Å². The fourth-order valence-electron chi connectivity index (χ4n) is 8.32. The van der Waals surface area contributed by atoms with Gasteiger partial charge in [-0.25, -0.2) is 0 Å². The predicted molar refractivity (Wildman–Crippen MR) is 230 cm³/mol. The first kappa shape index (κ1) is 45.9. The highest BCUT2D eigenvalue weighted by Crippen LogP contribution is 2.48. The van der Waals surface area contributed by atoms with E-state index in [2.05, 4.69) is 32.1 Å². The van der Waals surface area contributed by atoms with E-state index in [0.29, 0.717) is 37.3 Å². The van der Waals surface area contributed by atoms with Crippen LogP contribution in [0.15, 0.2) is 77.2 Å². The van der Waals surface area contributed by atoms with E-state index in [1.165, 1.54) is 12.5 Å². The number of benzene rings is 2. The summed E-state index contributed by atoms with van der Waals surface area (Å²) in [5, 5.41) is 9.56. The zero-order valence-electron chi connectivity index (χ0n) is 36.2. The van der Waals surface area contributed by atoms with Gasteiger partial charge in [0.1, 0.15) is 18.0 Å².